The predicted molar refractivity (Wildman–Crippen MR) is 61.3 cm³/mol. The van der Waals surface area contributed by atoms with Crippen molar-refractivity contribution in [3.63, 3.8) is 0 Å². The van der Waals surface area contributed by atoms with Crippen LogP contribution in [0.25, 0.3) is 11.1 Å². The third kappa shape index (κ3) is 2.45. The lowest BCUT2D eigenvalue weighted by molar-refractivity contribution is -0.137. The van der Waals surface area contributed by atoms with Crippen LogP contribution < -0.4 is 5.73 Å². The molecule has 18 heavy (non-hydrogen) atoms. The second-order valence-electron chi connectivity index (χ2n) is 3.82. The Morgan fingerprint density at radius 2 is 1.61 bits per heavy atom. The van der Waals surface area contributed by atoms with Gasteiger partial charge in [0.05, 0.1) is 5.56 Å². The van der Waals surface area contributed by atoms with E-state index in [2.05, 4.69) is 0 Å². The van der Waals surface area contributed by atoms with E-state index >= 15 is 0 Å². The Balaban J connectivity index is 2.60. The van der Waals surface area contributed by atoms with E-state index in [-0.39, 0.29) is 16.8 Å². The molecule has 2 N–H and O–H groups in total. The number of hydrogen-bond donors (Lipinski definition) is 1. The Hall–Kier alpha value is -2.04. The van der Waals surface area contributed by atoms with Crippen molar-refractivity contribution in [2.24, 2.45) is 0 Å². The van der Waals surface area contributed by atoms with E-state index in [4.69, 9.17) is 5.73 Å². The number of nitrogens with two attached hydrogens (primary N) is 1. The molecule has 0 saturated carbocycles. The van der Waals surface area contributed by atoms with Gasteiger partial charge in [-0.25, -0.2) is 4.39 Å². The average Bonchev–Trinajstić information content (AvgIpc) is 2.27. The second kappa shape index (κ2) is 4.33. The standard InChI is InChI=1S/C13H9F4N/c14-12-4-2-1-3-11(12)8-5-9(13(15,16)17)7-10(18)6-8/h1-7H,18H2. The SMILES string of the molecule is Nc1cc(-c2ccccc2F)cc(C(F)(F)F)c1. The first-order chi connectivity index (χ1) is 8.38. The molecule has 0 aliphatic carbocycles. The molecule has 2 aromatic carbocycles. The van der Waals surface area contributed by atoms with Crippen molar-refractivity contribution in [2.45, 2.75) is 6.18 Å². The summed E-state index contributed by atoms with van der Waals surface area (Å²) >= 11 is 0. The van der Waals surface area contributed by atoms with Gasteiger partial charge in [-0.3, -0.25) is 0 Å². The van der Waals surface area contributed by atoms with Gasteiger partial charge in [-0.15, -0.1) is 0 Å². The van der Waals surface area contributed by atoms with Crippen LogP contribution >= 0.6 is 0 Å². The van der Waals surface area contributed by atoms with Crippen LogP contribution in [0.1, 0.15) is 5.56 Å². The zero-order chi connectivity index (χ0) is 13.3. The minimum Gasteiger partial charge on any atom is -0.399 e. The molecular formula is C13H9F4N. The average molecular weight is 255 g/mol. The van der Waals surface area contributed by atoms with E-state index < -0.39 is 17.6 Å². The quantitative estimate of drug-likeness (QED) is 0.602. The molecule has 0 radical (unpaired) electrons. The number of anilines is 1. The third-order valence-corrected chi connectivity index (χ3v) is 2.47. The van der Waals surface area contributed by atoms with Crippen molar-refractivity contribution in [1.82, 2.24) is 0 Å². The lowest BCUT2D eigenvalue weighted by Crippen LogP contribution is -2.06. The van der Waals surface area contributed by atoms with Crippen LogP contribution in [0.2, 0.25) is 0 Å². The van der Waals surface area contributed by atoms with Gasteiger partial charge in [0, 0.05) is 11.3 Å². The maximum absolute atomic E-state index is 13.5. The second-order valence-corrected chi connectivity index (χ2v) is 3.82. The summed E-state index contributed by atoms with van der Waals surface area (Å²) in [6.45, 7) is 0. The van der Waals surface area contributed by atoms with Gasteiger partial charge in [-0.2, -0.15) is 13.2 Å². The number of rotatable bonds is 1. The monoisotopic (exact) mass is 255 g/mol. The zero-order valence-electron chi connectivity index (χ0n) is 9.13. The van der Waals surface area contributed by atoms with Gasteiger partial charge in [-0.1, -0.05) is 18.2 Å². The van der Waals surface area contributed by atoms with Crippen molar-refractivity contribution in [3.8, 4) is 11.1 Å². The van der Waals surface area contributed by atoms with Gasteiger partial charge < -0.3 is 5.73 Å². The van der Waals surface area contributed by atoms with E-state index in [0.29, 0.717) is 0 Å². The fourth-order valence-electron chi connectivity index (χ4n) is 1.67. The third-order valence-electron chi connectivity index (χ3n) is 2.47. The summed E-state index contributed by atoms with van der Waals surface area (Å²) < 4.78 is 51.4. The maximum Gasteiger partial charge on any atom is 0.416 e. The minimum atomic E-state index is -4.50. The number of halogens is 4. The molecule has 0 aliphatic rings. The Bertz CT molecular complexity index is 575. The highest BCUT2D eigenvalue weighted by molar-refractivity contribution is 5.69. The molecule has 0 unspecified atom stereocenters. The highest BCUT2D eigenvalue weighted by Gasteiger charge is 2.31. The van der Waals surface area contributed by atoms with E-state index in [1.807, 2.05) is 0 Å². The van der Waals surface area contributed by atoms with Gasteiger partial charge in [0.2, 0.25) is 0 Å². The molecule has 0 heterocycles. The Morgan fingerprint density at radius 3 is 2.22 bits per heavy atom. The van der Waals surface area contributed by atoms with Crippen molar-refractivity contribution in [3.05, 3.63) is 53.8 Å². The molecule has 0 amide bonds. The molecule has 0 aliphatic heterocycles. The molecule has 94 valence electrons. The van der Waals surface area contributed by atoms with Crippen molar-refractivity contribution in [2.75, 3.05) is 5.73 Å². The molecule has 0 spiro atoms. The van der Waals surface area contributed by atoms with Crippen LogP contribution in [-0.4, -0.2) is 0 Å². The summed E-state index contributed by atoms with van der Waals surface area (Å²) in [6.07, 6.45) is -4.50. The van der Waals surface area contributed by atoms with Gasteiger partial charge in [0.1, 0.15) is 5.82 Å². The van der Waals surface area contributed by atoms with Crippen LogP contribution in [0, 0.1) is 5.82 Å². The zero-order valence-corrected chi connectivity index (χ0v) is 9.13. The highest BCUT2D eigenvalue weighted by Crippen LogP contribution is 2.34. The Kier molecular flexibility index (Phi) is 2.98. The number of nitrogen functional groups attached to an aromatic ring is 1. The van der Waals surface area contributed by atoms with Gasteiger partial charge in [0.25, 0.3) is 0 Å². The van der Waals surface area contributed by atoms with Crippen molar-refractivity contribution >= 4 is 5.69 Å². The fourth-order valence-corrected chi connectivity index (χ4v) is 1.67. The van der Waals surface area contributed by atoms with Crippen LogP contribution in [0.4, 0.5) is 23.2 Å². The van der Waals surface area contributed by atoms with E-state index in [1.54, 1.807) is 6.07 Å². The molecule has 0 aromatic heterocycles. The van der Waals surface area contributed by atoms with E-state index in [9.17, 15) is 17.6 Å². The highest BCUT2D eigenvalue weighted by atomic mass is 19.4. The maximum atomic E-state index is 13.5. The molecule has 0 atom stereocenters. The molecular weight excluding hydrogens is 246 g/mol. The molecule has 0 bridgehead atoms. The predicted octanol–water partition coefficient (Wildman–Crippen LogP) is 4.09. The van der Waals surface area contributed by atoms with Crippen LogP contribution in [0.3, 0.4) is 0 Å². The summed E-state index contributed by atoms with van der Waals surface area (Å²) in [5.41, 5.74) is 4.68. The number of alkyl halides is 3. The molecule has 0 fully saturated rings. The lowest BCUT2D eigenvalue weighted by Gasteiger charge is -2.11. The summed E-state index contributed by atoms with van der Waals surface area (Å²) in [4.78, 5) is 0. The van der Waals surface area contributed by atoms with Gasteiger partial charge in [-0.05, 0) is 29.8 Å². The molecule has 1 nitrogen and oxygen atoms in total. The van der Waals surface area contributed by atoms with Crippen LogP contribution in [0.5, 0.6) is 0 Å². The molecule has 2 rings (SSSR count). The Morgan fingerprint density at radius 1 is 0.944 bits per heavy atom. The first kappa shape index (κ1) is 12.4. The van der Waals surface area contributed by atoms with Crippen molar-refractivity contribution < 1.29 is 17.6 Å². The van der Waals surface area contributed by atoms with Gasteiger partial charge in [0.15, 0.2) is 0 Å². The lowest BCUT2D eigenvalue weighted by atomic mass is 10.0. The Labute approximate surface area is 101 Å². The minimum absolute atomic E-state index is 0.0527. The van der Waals surface area contributed by atoms with Crippen LogP contribution in [0.15, 0.2) is 42.5 Å². The summed E-state index contributed by atoms with van der Waals surface area (Å²) in [7, 11) is 0. The first-order valence-corrected chi connectivity index (χ1v) is 5.10. The van der Waals surface area contributed by atoms with Crippen molar-refractivity contribution in [1.29, 1.82) is 0 Å². The normalized spacial score (nSPS) is 11.6. The smallest absolute Gasteiger partial charge is 0.399 e. The van der Waals surface area contributed by atoms with E-state index in [0.717, 1.165) is 12.1 Å². The topological polar surface area (TPSA) is 26.0 Å². The number of hydrogen-bond acceptors (Lipinski definition) is 1. The molecule has 2 aromatic rings. The molecule has 0 saturated heterocycles. The fraction of sp³-hybridized carbons (Fsp3) is 0.0769. The van der Waals surface area contributed by atoms with Crippen LogP contribution in [-0.2, 0) is 6.18 Å². The summed E-state index contributed by atoms with van der Waals surface area (Å²) in [6, 6.07) is 8.63. The summed E-state index contributed by atoms with van der Waals surface area (Å²) in [5.74, 6) is -0.587. The van der Waals surface area contributed by atoms with E-state index in [1.165, 1.54) is 24.3 Å². The summed E-state index contributed by atoms with van der Waals surface area (Å²) in [5, 5.41) is 0. The number of benzene rings is 2. The molecule has 5 heteroatoms. The van der Waals surface area contributed by atoms with Gasteiger partial charge >= 0.3 is 6.18 Å². The first-order valence-electron chi connectivity index (χ1n) is 5.10. The largest absolute Gasteiger partial charge is 0.416 e.